The van der Waals surface area contributed by atoms with E-state index >= 15 is 0 Å². The first kappa shape index (κ1) is 21.4. The zero-order chi connectivity index (χ0) is 22.1. The van der Waals surface area contributed by atoms with Crippen LogP contribution < -0.4 is 10.2 Å². The number of carbonyl (C=O) groups excluding carboxylic acids is 2. The number of halogens is 2. The molecule has 4 nitrogen and oxygen atoms in total. The van der Waals surface area contributed by atoms with Crippen molar-refractivity contribution >= 4 is 40.9 Å². The van der Waals surface area contributed by atoms with E-state index in [-0.39, 0.29) is 35.0 Å². The van der Waals surface area contributed by atoms with E-state index in [1.807, 2.05) is 32.0 Å². The van der Waals surface area contributed by atoms with E-state index in [1.165, 1.54) is 28.8 Å². The van der Waals surface area contributed by atoms with Crippen molar-refractivity contribution in [1.29, 1.82) is 0 Å². The molecule has 158 valence electrons. The zero-order valence-electron chi connectivity index (χ0n) is 17.0. The molecule has 1 N–H and O–H groups in total. The second-order valence-electron chi connectivity index (χ2n) is 7.50. The van der Waals surface area contributed by atoms with E-state index in [0.717, 1.165) is 9.79 Å². The minimum atomic E-state index is -0.485. The lowest BCUT2D eigenvalue weighted by molar-refractivity contribution is 0.0940. The smallest absolute Gasteiger partial charge is 0.259 e. The maximum absolute atomic E-state index is 14.6. The van der Waals surface area contributed by atoms with Crippen LogP contribution in [0.3, 0.4) is 0 Å². The highest BCUT2D eigenvalue weighted by atomic mass is 35.5. The molecule has 0 saturated carbocycles. The molecule has 3 aromatic rings. The van der Waals surface area contributed by atoms with E-state index in [2.05, 4.69) is 5.32 Å². The maximum Gasteiger partial charge on any atom is 0.259 e. The van der Waals surface area contributed by atoms with Crippen molar-refractivity contribution in [3.05, 3.63) is 88.2 Å². The summed E-state index contributed by atoms with van der Waals surface area (Å²) < 4.78 is 14.6. The van der Waals surface area contributed by atoms with Gasteiger partial charge in [0.1, 0.15) is 5.82 Å². The highest BCUT2D eigenvalue weighted by Gasteiger charge is 2.29. The van der Waals surface area contributed by atoms with Crippen LogP contribution in [0.15, 0.2) is 70.5 Å². The number of anilines is 1. The lowest BCUT2D eigenvalue weighted by atomic mass is 10.1. The molecule has 0 saturated heterocycles. The summed E-state index contributed by atoms with van der Waals surface area (Å²) in [5.74, 6) is -0.996. The molecular formula is C24H20ClFN2O2S. The predicted octanol–water partition coefficient (Wildman–Crippen LogP) is 5.93. The number of hydrogen-bond acceptors (Lipinski definition) is 3. The molecule has 0 fully saturated rings. The normalized spacial score (nSPS) is 12.9. The predicted molar refractivity (Wildman–Crippen MR) is 122 cm³/mol. The second kappa shape index (κ2) is 8.73. The van der Waals surface area contributed by atoms with E-state index in [9.17, 15) is 14.0 Å². The van der Waals surface area contributed by atoms with Gasteiger partial charge in [-0.1, -0.05) is 41.6 Å². The highest BCUT2D eigenvalue weighted by molar-refractivity contribution is 7.99. The minimum Gasteiger partial charge on any atom is -0.350 e. The topological polar surface area (TPSA) is 49.4 Å². The Morgan fingerprint density at radius 1 is 1.10 bits per heavy atom. The van der Waals surface area contributed by atoms with Gasteiger partial charge in [0, 0.05) is 32.0 Å². The summed E-state index contributed by atoms with van der Waals surface area (Å²) in [7, 11) is 0. The number of carbonyl (C=O) groups is 2. The Bertz CT molecular complexity index is 1160. The van der Waals surface area contributed by atoms with Gasteiger partial charge in [0.25, 0.3) is 11.8 Å². The SMILES string of the molecule is CC(C)NC(=O)c1ccc2c(c1)N(Cc1c(F)cccc1Cl)C(=O)c1ccccc1S2. The Morgan fingerprint density at radius 2 is 1.87 bits per heavy atom. The monoisotopic (exact) mass is 454 g/mol. The lowest BCUT2D eigenvalue weighted by Crippen LogP contribution is -2.32. The Labute approximate surface area is 189 Å². The number of nitrogens with one attached hydrogen (secondary N) is 1. The van der Waals surface area contributed by atoms with Gasteiger partial charge in [-0.2, -0.15) is 0 Å². The van der Waals surface area contributed by atoms with Crippen molar-refractivity contribution < 1.29 is 14.0 Å². The Kier molecular flexibility index (Phi) is 6.03. The summed E-state index contributed by atoms with van der Waals surface area (Å²) in [5.41, 5.74) is 1.72. The van der Waals surface area contributed by atoms with E-state index in [4.69, 9.17) is 11.6 Å². The lowest BCUT2D eigenvalue weighted by Gasteiger charge is -2.24. The number of hydrogen-bond donors (Lipinski definition) is 1. The van der Waals surface area contributed by atoms with Gasteiger partial charge in [0.2, 0.25) is 0 Å². The third-order valence-corrected chi connectivity index (χ3v) is 6.39. The average Bonchev–Trinajstić information content (AvgIpc) is 2.84. The fraction of sp³-hybridized carbons (Fsp3) is 0.167. The Hall–Kier alpha value is -2.83. The van der Waals surface area contributed by atoms with E-state index in [1.54, 1.807) is 30.3 Å². The largest absolute Gasteiger partial charge is 0.350 e. The van der Waals surface area contributed by atoms with Crippen LogP contribution in [-0.4, -0.2) is 17.9 Å². The first-order chi connectivity index (χ1) is 14.8. The summed E-state index contributed by atoms with van der Waals surface area (Å²) in [6.07, 6.45) is 0. The fourth-order valence-corrected chi connectivity index (χ4v) is 4.69. The van der Waals surface area contributed by atoms with E-state index < -0.39 is 5.82 Å². The number of benzene rings is 3. The average molecular weight is 455 g/mol. The van der Waals surface area contributed by atoms with E-state index in [0.29, 0.717) is 16.8 Å². The van der Waals surface area contributed by atoms with Crippen molar-refractivity contribution in [2.45, 2.75) is 36.2 Å². The molecule has 0 aliphatic carbocycles. The number of fused-ring (bicyclic) bond motifs is 2. The van der Waals surface area contributed by atoms with Gasteiger partial charge < -0.3 is 10.2 Å². The molecule has 0 unspecified atom stereocenters. The van der Waals surface area contributed by atoms with Crippen LogP contribution in [-0.2, 0) is 6.54 Å². The van der Waals surface area contributed by atoms with Gasteiger partial charge in [-0.05, 0) is 56.3 Å². The third-order valence-electron chi connectivity index (χ3n) is 4.89. The van der Waals surface area contributed by atoms with Crippen LogP contribution in [0.25, 0.3) is 0 Å². The second-order valence-corrected chi connectivity index (χ2v) is 8.99. The summed E-state index contributed by atoms with van der Waals surface area (Å²) in [6, 6.07) is 16.9. The van der Waals surface area contributed by atoms with Crippen molar-refractivity contribution in [1.82, 2.24) is 5.32 Å². The molecule has 1 heterocycles. The summed E-state index contributed by atoms with van der Waals surface area (Å²) in [4.78, 5) is 29.2. The van der Waals surface area contributed by atoms with Crippen LogP contribution in [0.5, 0.6) is 0 Å². The molecule has 1 aliphatic heterocycles. The molecule has 0 atom stereocenters. The van der Waals surface area contributed by atoms with Gasteiger partial charge >= 0.3 is 0 Å². The summed E-state index contributed by atoms with van der Waals surface area (Å²) in [5, 5.41) is 3.11. The van der Waals surface area contributed by atoms with Crippen LogP contribution >= 0.6 is 23.4 Å². The Balaban J connectivity index is 1.85. The zero-order valence-corrected chi connectivity index (χ0v) is 18.6. The van der Waals surface area contributed by atoms with Gasteiger partial charge in [-0.3, -0.25) is 9.59 Å². The highest BCUT2D eigenvalue weighted by Crippen LogP contribution is 2.42. The summed E-state index contributed by atoms with van der Waals surface area (Å²) in [6.45, 7) is 3.70. The van der Waals surface area contributed by atoms with Gasteiger partial charge in [0.05, 0.1) is 17.8 Å². The molecule has 31 heavy (non-hydrogen) atoms. The molecule has 1 aliphatic rings. The van der Waals surface area contributed by atoms with Crippen molar-refractivity contribution in [2.24, 2.45) is 0 Å². The molecule has 7 heteroatoms. The molecule has 0 aromatic heterocycles. The van der Waals surface area contributed by atoms with Crippen LogP contribution in [0.2, 0.25) is 5.02 Å². The third kappa shape index (κ3) is 4.31. The minimum absolute atomic E-state index is 0.0279. The van der Waals surface area contributed by atoms with Gasteiger partial charge in [-0.25, -0.2) is 4.39 Å². The molecule has 0 spiro atoms. The molecule has 0 radical (unpaired) electrons. The van der Waals surface area contributed by atoms with Crippen molar-refractivity contribution in [2.75, 3.05) is 4.90 Å². The summed E-state index contributed by atoms with van der Waals surface area (Å²) >= 11 is 7.70. The fourth-order valence-electron chi connectivity index (χ4n) is 3.41. The number of nitrogens with zero attached hydrogens (tertiary/aromatic N) is 1. The number of amides is 2. The molecular weight excluding hydrogens is 435 g/mol. The van der Waals surface area contributed by atoms with Crippen LogP contribution in [0.1, 0.15) is 40.1 Å². The Morgan fingerprint density at radius 3 is 2.61 bits per heavy atom. The molecule has 0 bridgehead atoms. The first-order valence-electron chi connectivity index (χ1n) is 9.81. The maximum atomic E-state index is 14.6. The van der Waals surface area contributed by atoms with Crippen molar-refractivity contribution in [3.8, 4) is 0 Å². The first-order valence-corrected chi connectivity index (χ1v) is 11.0. The van der Waals surface area contributed by atoms with Gasteiger partial charge in [-0.15, -0.1) is 0 Å². The quantitative estimate of drug-likeness (QED) is 0.531. The van der Waals surface area contributed by atoms with Gasteiger partial charge in [0.15, 0.2) is 0 Å². The molecule has 4 rings (SSSR count). The molecule has 2 amide bonds. The van der Waals surface area contributed by atoms with Crippen molar-refractivity contribution in [3.63, 3.8) is 0 Å². The van der Waals surface area contributed by atoms with Crippen LogP contribution in [0.4, 0.5) is 10.1 Å². The van der Waals surface area contributed by atoms with Crippen LogP contribution in [0, 0.1) is 5.82 Å². The number of rotatable bonds is 4. The standard InChI is InChI=1S/C24H20ClFN2O2S/c1-14(2)27-23(29)15-10-11-22-20(12-15)28(13-17-18(25)7-5-8-19(17)26)24(30)16-6-3-4-9-21(16)31-22/h3-12,14H,13H2,1-2H3,(H,27,29). The molecule has 3 aromatic carbocycles.